The Morgan fingerprint density at radius 1 is 1.07 bits per heavy atom. The number of hydrogen-bond donors (Lipinski definition) is 1. The van der Waals surface area contributed by atoms with Crippen molar-refractivity contribution in [2.45, 2.75) is 32.7 Å². The number of carbonyl (C=O) groups excluding carboxylic acids is 2. The van der Waals surface area contributed by atoms with Crippen molar-refractivity contribution in [1.82, 2.24) is 4.37 Å². The maximum Gasteiger partial charge on any atom is 0.343 e. The molecule has 0 aliphatic rings. The van der Waals surface area contributed by atoms with Crippen LogP contribution in [0, 0.1) is 20.8 Å². The zero-order valence-electron chi connectivity index (χ0n) is 17.4. The molecule has 1 aromatic heterocycles. The molecule has 0 bridgehead atoms. The molecule has 0 unspecified atom stereocenters. The number of hydrogen-bond acceptors (Lipinski definition) is 7. The van der Waals surface area contributed by atoms with E-state index in [4.69, 9.17) is 4.74 Å². The second kappa shape index (κ2) is 9.91. The lowest BCUT2D eigenvalue weighted by molar-refractivity contribution is 0.0523. The van der Waals surface area contributed by atoms with E-state index in [1.807, 2.05) is 57.2 Å². The number of rotatable bonds is 8. The molecule has 5 nitrogen and oxygen atoms in total. The predicted molar refractivity (Wildman–Crippen MR) is 124 cm³/mol. The van der Waals surface area contributed by atoms with E-state index in [2.05, 4.69) is 15.8 Å². The minimum absolute atomic E-state index is 0.00769. The Labute approximate surface area is 185 Å². The molecule has 7 heteroatoms. The molecule has 156 valence electrons. The number of ketones is 1. The van der Waals surface area contributed by atoms with Crippen molar-refractivity contribution in [2.24, 2.45) is 0 Å². The molecule has 0 radical (unpaired) electrons. The third-order valence-electron chi connectivity index (χ3n) is 4.48. The molecule has 1 heterocycles. The SMILES string of the molecule is CCOC(=O)c1c(SCC(=O)c2ccc(C)cc2)nsc1Nc1ccc(C)cc1C. The monoisotopic (exact) mass is 440 g/mol. The third kappa shape index (κ3) is 5.29. The minimum Gasteiger partial charge on any atom is -0.462 e. The topological polar surface area (TPSA) is 68.3 Å². The lowest BCUT2D eigenvalue weighted by Crippen LogP contribution is -2.09. The number of benzene rings is 2. The molecule has 0 aliphatic heterocycles. The first-order valence-corrected chi connectivity index (χ1v) is 11.4. The second-order valence-corrected chi connectivity index (χ2v) is 8.67. The number of nitrogens with one attached hydrogen (secondary N) is 1. The Bertz CT molecular complexity index is 1060. The minimum atomic E-state index is -0.441. The maximum atomic E-state index is 12.6. The van der Waals surface area contributed by atoms with Crippen molar-refractivity contribution in [2.75, 3.05) is 17.7 Å². The summed E-state index contributed by atoms with van der Waals surface area (Å²) in [5.41, 5.74) is 5.27. The highest BCUT2D eigenvalue weighted by Gasteiger charge is 2.24. The number of Topliss-reactive ketones (excluding diaryl/α,β-unsaturated/α-hetero) is 1. The van der Waals surface area contributed by atoms with Gasteiger partial charge < -0.3 is 10.1 Å². The van der Waals surface area contributed by atoms with Gasteiger partial charge in [-0.05, 0) is 50.9 Å². The van der Waals surface area contributed by atoms with Crippen molar-refractivity contribution in [3.8, 4) is 0 Å². The van der Waals surface area contributed by atoms with Crippen LogP contribution in [0.4, 0.5) is 10.7 Å². The van der Waals surface area contributed by atoms with Gasteiger partial charge in [0, 0.05) is 11.3 Å². The average Bonchev–Trinajstić information content (AvgIpc) is 3.11. The van der Waals surface area contributed by atoms with E-state index in [9.17, 15) is 9.59 Å². The molecule has 2 aromatic carbocycles. The molecule has 3 aromatic rings. The van der Waals surface area contributed by atoms with E-state index in [0.717, 1.165) is 16.8 Å². The fraction of sp³-hybridized carbons (Fsp3) is 0.261. The molecular formula is C23H24N2O3S2. The van der Waals surface area contributed by atoms with E-state index >= 15 is 0 Å². The largest absolute Gasteiger partial charge is 0.462 e. The van der Waals surface area contributed by atoms with E-state index in [1.54, 1.807) is 6.92 Å². The third-order valence-corrected chi connectivity index (χ3v) is 6.34. The number of thioether (sulfide) groups is 1. The number of nitrogens with zero attached hydrogens (tertiary/aromatic N) is 1. The van der Waals surface area contributed by atoms with Gasteiger partial charge in [-0.1, -0.05) is 59.3 Å². The number of esters is 1. The van der Waals surface area contributed by atoms with Gasteiger partial charge >= 0.3 is 5.97 Å². The van der Waals surface area contributed by atoms with Gasteiger partial charge in [0.2, 0.25) is 0 Å². The fourth-order valence-corrected chi connectivity index (χ4v) is 4.72. The van der Waals surface area contributed by atoms with Gasteiger partial charge in [-0.2, -0.15) is 4.37 Å². The van der Waals surface area contributed by atoms with Gasteiger partial charge in [0.25, 0.3) is 0 Å². The van der Waals surface area contributed by atoms with E-state index in [0.29, 0.717) is 21.2 Å². The van der Waals surface area contributed by atoms with Crippen molar-refractivity contribution in [3.63, 3.8) is 0 Å². The molecule has 1 N–H and O–H groups in total. The summed E-state index contributed by atoms with van der Waals surface area (Å²) in [7, 11) is 0. The second-order valence-electron chi connectivity index (χ2n) is 6.93. The summed E-state index contributed by atoms with van der Waals surface area (Å²) in [4.78, 5) is 25.2. The summed E-state index contributed by atoms with van der Waals surface area (Å²) in [6.45, 7) is 8.06. The Morgan fingerprint density at radius 3 is 2.43 bits per heavy atom. The summed E-state index contributed by atoms with van der Waals surface area (Å²) in [6.07, 6.45) is 0. The van der Waals surface area contributed by atoms with Crippen molar-refractivity contribution in [3.05, 3.63) is 70.3 Å². The first kappa shape index (κ1) is 22.1. The molecule has 0 spiro atoms. The highest BCUT2D eigenvalue weighted by atomic mass is 32.2. The van der Waals surface area contributed by atoms with E-state index < -0.39 is 5.97 Å². The number of ether oxygens (including phenoxy) is 1. The number of aryl methyl sites for hydroxylation is 3. The van der Waals surface area contributed by atoms with Crippen LogP contribution in [0.3, 0.4) is 0 Å². The Morgan fingerprint density at radius 2 is 1.77 bits per heavy atom. The van der Waals surface area contributed by atoms with Crippen LogP contribution < -0.4 is 5.32 Å². The maximum absolute atomic E-state index is 12.6. The number of aromatic nitrogens is 1. The van der Waals surface area contributed by atoms with Crippen molar-refractivity contribution < 1.29 is 14.3 Å². The molecule has 0 aliphatic carbocycles. The van der Waals surface area contributed by atoms with Gasteiger partial charge in [0.05, 0.1) is 12.4 Å². The Kier molecular flexibility index (Phi) is 7.29. The average molecular weight is 441 g/mol. The van der Waals surface area contributed by atoms with Gasteiger partial charge in [-0.3, -0.25) is 4.79 Å². The molecule has 0 fully saturated rings. The molecule has 0 atom stereocenters. The van der Waals surface area contributed by atoms with Gasteiger partial charge in [-0.15, -0.1) is 0 Å². The Balaban J connectivity index is 1.82. The molecule has 0 amide bonds. The van der Waals surface area contributed by atoms with E-state index in [1.165, 1.54) is 28.9 Å². The molecule has 0 saturated heterocycles. The van der Waals surface area contributed by atoms with Gasteiger partial charge in [0.1, 0.15) is 15.6 Å². The Hall–Kier alpha value is -2.64. The standard InChI is InChI=1S/C23H24N2O3S2/c1-5-28-23(27)20-21(24-18-11-8-15(3)12-16(18)4)30-25-22(20)29-13-19(26)17-9-6-14(2)7-10-17/h6-12,24H,5,13H2,1-4H3. The lowest BCUT2D eigenvalue weighted by Gasteiger charge is -2.10. The smallest absolute Gasteiger partial charge is 0.343 e. The summed E-state index contributed by atoms with van der Waals surface area (Å²) < 4.78 is 9.68. The van der Waals surface area contributed by atoms with Gasteiger partial charge in [-0.25, -0.2) is 4.79 Å². The highest BCUT2D eigenvalue weighted by molar-refractivity contribution is 8.00. The predicted octanol–water partition coefficient (Wildman–Crippen LogP) is 5.96. The molecule has 3 rings (SSSR count). The van der Waals surface area contributed by atoms with Gasteiger partial charge in [0.15, 0.2) is 5.78 Å². The van der Waals surface area contributed by atoms with E-state index in [-0.39, 0.29) is 18.1 Å². The summed E-state index contributed by atoms with van der Waals surface area (Å²) in [6, 6.07) is 13.5. The van der Waals surface area contributed by atoms with Crippen LogP contribution in [-0.4, -0.2) is 28.5 Å². The number of anilines is 2. The fourth-order valence-electron chi connectivity index (χ4n) is 2.88. The first-order valence-electron chi connectivity index (χ1n) is 9.62. The van der Waals surface area contributed by atoms with Crippen LogP contribution in [0.2, 0.25) is 0 Å². The summed E-state index contributed by atoms with van der Waals surface area (Å²) >= 11 is 2.45. The van der Waals surface area contributed by atoms with Crippen LogP contribution in [-0.2, 0) is 4.74 Å². The highest BCUT2D eigenvalue weighted by Crippen LogP contribution is 2.35. The zero-order chi connectivity index (χ0) is 21.7. The lowest BCUT2D eigenvalue weighted by atomic mass is 10.1. The van der Waals surface area contributed by atoms with Crippen LogP contribution >= 0.6 is 23.3 Å². The van der Waals surface area contributed by atoms with Crippen LogP contribution in [0.1, 0.15) is 44.3 Å². The normalized spacial score (nSPS) is 10.7. The number of carbonyl (C=O) groups is 2. The van der Waals surface area contributed by atoms with Crippen LogP contribution in [0.25, 0.3) is 0 Å². The zero-order valence-corrected chi connectivity index (χ0v) is 19.1. The quantitative estimate of drug-likeness (QED) is 0.265. The molecule has 30 heavy (non-hydrogen) atoms. The summed E-state index contributed by atoms with van der Waals surface area (Å²) in [5, 5.41) is 4.43. The van der Waals surface area contributed by atoms with Crippen molar-refractivity contribution >= 4 is 45.7 Å². The first-order chi connectivity index (χ1) is 14.4. The van der Waals surface area contributed by atoms with Crippen molar-refractivity contribution in [1.29, 1.82) is 0 Å². The summed E-state index contributed by atoms with van der Waals surface area (Å²) in [5.74, 6) is -0.252. The van der Waals surface area contributed by atoms with Crippen LogP contribution in [0.15, 0.2) is 47.5 Å². The molecular weight excluding hydrogens is 416 g/mol. The van der Waals surface area contributed by atoms with Crippen LogP contribution in [0.5, 0.6) is 0 Å². The molecule has 0 saturated carbocycles.